The van der Waals surface area contributed by atoms with Gasteiger partial charge < -0.3 is 10.6 Å². The lowest BCUT2D eigenvalue weighted by molar-refractivity contribution is -0.126. The number of rotatable bonds is 7. The minimum Gasteiger partial charge on any atom is -0.355 e. The van der Waals surface area contributed by atoms with Crippen molar-refractivity contribution in [3.8, 4) is 0 Å². The summed E-state index contributed by atoms with van der Waals surface area (Å²) in [5.41, 5.74) is -0.0378. The van der Waals surface area contributed by atoms with E-state index in [4.69, 9.17) is 0 Å². The van der Waals surface area contributed by atoms with E-state index >= 15 is 0 Å². The number of nitrogens with zero attached hydrogens (tertiary/aromatic N) is 1. The summed E-state index contributed by atoms with van der Waals surface area (Å²) in [6.45, 7) is 12.3. The molecule has 2 fully saturated rings. The van der Waals surface area contributed by atoms with Gasteiger partial charge in [-0.25, -0.2) is 0 Å². The molecule has 0 aromatic heterocycles. The van der Waals surface area contributed by atoms with Crippen LogP contribution in [0.3, 0.4) is 0 Å². The Bertz CT molecular complexity index is 462. The van der Waals surface area contributed by atoms with Gasteiger partial charge in [0.1, 0.15) is 0 Å². The Morgan fingerprint density at radius 3 is 2.23 bits per heavy atom. The lowest BCUT2D eigenvalue weighted by Crippen LogP contribution is -2.56. The smallest absolute Gasteiger partial charge is 0.223 e. The summed E-state index contributed by atoms with van der Waals surface area (Å²) < 4.78 is 0. The molecule has 1 aliphatic heterocycles. The van der Waals surface area contributed by atoms with E-state index in [1.54, 1.807) is 0 Å². The maximum Gasteiger partial charge on any atom is 0.223 e. The topological polar surface area (TPSA) is 61.4 Å². The maximum atomic E-state index is 12.2. The molecule has 1 heterocycles. The van der Waals surface area contributed by atoms with E-state index in [0.29, 0.717) is 31.3 Å². The van der Waals surface area contributed by atoms with Gasteiger partial charge >= 0.3 is 0 Å². The van der Waals surface area contributed by atoms with Crippen molar-refractivity contribution >= 4 is 11.8 Å². The number of nitrogens with one attached hydrogen (secondary N) is 2. The van der Waals surface area contributed by atoms with Crippen molar-refractivity contribution in [2.75, 3.05) is 26.2 Å². The van der Waals surface area contributed by atoms with Gasteiger partial charge in [-0.1, -0.05) is 33.1 Å². The minimum absolute atomic E-state index is 0.0279. The van der Waals surface area contributed by atoms with Crippen LogP contribution < -0.4 is 10.6 Å². The molecule has 1 saturated heterocycles. The average Bonchev–Trinajstić information content (AvgIpc) is 2.60. The molecule has 5 heteroatoms. The lowest BCUT2D eigenvalue weighted by atomic mass is 9.88. The standard InChI is InChI=1S/C21H39N3O2/c1-16-12-17(2)14-24(13-16)21(3,4)15-23-19(25)10-11-22-20(26)18-8-6-5-7-9-18/h16-18H,5-15H2,1-4H3,(H,22,26)(H,23,25). The Balaban J connectivity index is 1.66. The summed E-state index contributed by atoms with van der Waals surface area (Å²) in [7, 11) is 0. The highest BCUT2D eigenvalue weighted by molar-refractivity contribution is 5.80. The number of carbonyl (C=O) groups excluding carboxylic acids is 2. The fraction of sp³-hybridized carbons (Fsp3) is 0.905. The first kappa shape index (κ1) is 21.2. The van der Waals surface area contributed by atoms with Gasteiger partial charge in [0.25, 0.3) is 0 Å². The fourth-order valence-corrected chi connectivity index (χ4v) is 4.48. The quantitative estimate of drug-likeness (QED) is 0.729. The summed E-state index contributed by atoms with van der Waals surface area (Å²) in [4.78, 5) is 26.8. The van der Waals surface area contributed by atoms with Gasteiger partial charge in [-0.05, 0) is 44.9 Å². The Morgan fingerprint density at radius 1 is 1.00 bits per heavy atom. The van der Waals surface area contributed by atoms with E-state index in [0.717, 1.165) is 38.8 Å². The molecule has 2 rings (SSSR count). The summed E-state index contributed by atoms with van der Waals surface area (Å²) in [5.74, 6) is 1.75. The first-order valence-electron chi connectivity index (χ1n) is 10.6. The van der Waals surface area contributed by atoms with Crippen LogP contribution in [0, 0.1) is 17.8 Å². The van der Waals surface area contributed by atoms with Gasteiger partial charge in [0.05, 0.1) is 0 Å². The molecule has 2 aliphatic rings. The number of carbonyl (C=O) groups is 2. The third-order valence-corrected chi connectivity index (χ3v) is 6.07. The minimum atomic E-state index is -0.0378. The van der Waals surface area contributed by atoms with Gasteiger partial charge in [0.2, 0.25) is 11.8 Å². The molecule has 26 heavy (non-hydrogen) atoms. The highest BCUT2D eigenvalue weighted by Crippen LogP contribution is 2.27. The maximum absolute atomic E-state index is 12.2. The van der Waals surface area contributed by atoms with Gasteiger partial charge in [0.15, 0.2) is 0 Å². The normalized spacial score (nSPS) is 25.7. The van der Waals surface area contributed by atoms with Crippen LogP contribution in [-0.4, -0.2) is 48.4 Å². The van der Waals surface area contributed by atoms with Crippen LogP contribution in [0.5, 0.6) is 0 Å². The van der Waals surface area contributed by atoms with Crippen molar-refractivity contribution in [2.45, 2.75) is 78.2 Å². The summed E-state index contributed by atoms with van der Waals surface area (Å²) in [5, 5.41) is 6.02. The van der Waals surface area contributed by atoms with E-state index in [9.17, 15) is 9.59 Å². The molecule has 1 aliphatic carbocycles. The van der Waals surface area contributed by atoms with Crippen molar-refractivity contribution in [1.29, 1.82) is 0 Å². The number of amides is 2. The molecule has 2 N–H and O–H groups in total. The summed E-state index contributed by atoms with van der Waals surface area (Å²) in [6, 6.07) is 0. The number of likely N-dealkylation sites (tertiary alicyclic amines) is 1. The van der Waals surface area contributed by atoms with Crippen molar-refractivity contribution in [3.63, 3.8) is 0 Å². The van der Waals surface area contributed by atoms with Crippen LogP contribution in [0.1, 0.15) is 72.6 Å². The van der Waals surface area contributed by atoms with Crippen LogP contribution in [0.2, 0.25) is 0 Å². The van der Waals surface area contributed by atoms with Crippen LogP contribution in [0.25, 0.3) is 0 Å². The number of hydrogen-bond acceptors (Lipinski definition) is 3. The van der Waals surface area contributed by atoms with Crippen molar-refractivity contribution < 1.29 is 9.59 Å². The third-order valence-electron chi connectivity index (χ3n) is 6.07. The zero-order chi connectivity index (χ0) is 19.2. The van der Waals surface area contributed by atoms with Crippen LogP contribution in [0.4, 0.5) is 0 Å². The predicted octanol–water partition coefficient (Wildman–Crippen LogP) is 2.95. The summed E-state index contributed by atoms with van der Waals surface area (Å²) in [6.07, 6.45) is 7.21. The van der Waals surface area contributed by atoms with Crippen molar-refractivity contribution in [2.24, 2.45) is 17.8 Å². The molecule has 2 amide bonds. The molecule has 0 bridgehead atoms. The lowest BCUT2D eigenvalue weighted by Gasteiger charge is -2.45. The molecule has 1 saturated carbocycles. The largest absolute Gasteiger partial charge is 0.355 e. The molecule has 2 unspecified atom stereocenters. The average molecular weight is 366 g/mol. The Kier molecular flexibility index (Phi) is 7.93. The fourth-order valence-electron chi connectivity index (χ4n) is 4.48. The molecule has 2 atom stereocenters. The van der Waals surface area contributed by atoms with Crippen LogP contribution in [0.15, 0.2) is 0 Å². The summed E-state index contributed by atoms with van der Waals surface area (Å²) >= 11 is 0. The number of hydrogen-bond donors (Lipinski definition) is 2. The molecular formula is C21H39N3O2. The first-order valence-corrected chi connectivity index (χ1v) is 10.6. The van der Waals surface area contributed by atoms with Crippen LogP contribution >= 0.6 is 0 Å². The predicted molar refractivity (Wildman–Crippen MR) is 106 cm³/mol. The van der Waals surface area contributed by atoms with Gasteiger partial charge in [0, 0.05) is 44.1 Å². The van der Waals surface area contributed by atoms with Crippen molar-refractivity contribution in [3.05, 3.63) is 0 Å². The molecule has 150 valence electrons. The first-order chi connectivity index (χ1) is 12.3. The monoisotopic (exact) mass is 365 g/mol. The van der Waals surface area contributed by atoms with E-state index in [2.05, 4.69) is 43.2 Å². The second-order valence-corrected chi connectivity index (χ2v) is 9.32. The Morgan fingerprint density at radius 2 is 1.62 bits per heavy atom. The Hall–Kier alpha value is -1.10. The molecule has 5 nitrogen and oxygen atoms in total. The molecule has 0 radical (unpaired) electrons. The van der Waals surface area contributed by atoms with Crippen LogP contribution in [-0.2, 0) is 9.59 Å². The van der Waals surface area contributed by atoms with Crippen molar-refractivity contribution in [1.82, 2.24) is 15.5 Å². The Labute approximate surface area is 159 Å². The number of piperidine rings is 1. The van der Waals surface area contributed by atoms with E-state index in [1.807, 2.05) is 0 Å². The van der Waals surface area contributed by atoms with E-state index in [1.165, 1.54) is 12.8 Å². The van der Waals surface area contributed by atoms with Gasteiger partial charge in [-0.3, -0.25) is 14.5 Å². The van der Waals surface area contributed by atoms with E-state index < -0.39 is 0 Å². The second kappa shape index (κ2) is 9.72. The van der Waals surface area contributed by atoms with Gasteiger partial charge in [-0.15, -0.1) is 0 Å². The third kappa shape index (κ3) is 6.57. The molecule has 0 aromatic rings. The van der Waals surface area contributed by atoms with Gasteiger partial charge in [-0.2, -0.15) is 0 Å². The zero-order valence-corrected chi connectivity index (χ0v) is 17.3. The SMILES string of the molecule is CC1CC(C)CN(C(C)(C)CNC(=O)CCNC(=O)C2CCCCC2)C1. The second-order valence-electron chi connectivity index (χ2n) is 9.32. The zero-order valence-electron chi connectivity index (χ0n) is 17.3. The highest BCUT2D eigenvalue weighted by Gasteiger charge is 2.32. The highest BCUT2D eigenvalue weighted by atomic mass is 16.2. The van der Waals surface area contributed by atoms with E-state index in [-0.39, 0.29) is 23.3 Å². The molecule has 0 aromatic carbocycles. The molecule has 0 spiro atoms. The molecular weight excluding hydrogens is 326 g/mol.